The third kappa shape index (κ3) is 0.564. The summed E-state index contributed by atoms with van der Waals surface area (Å²) in [6, 6.07) is 0. The van der Waals surface area contributed by atoms with Crippen molar-refractivity contribution < 1.29 is 0 Å². The Balaban J connectivity index is 2.30. The monoisotopic (exact) mass is 136 g/mol. The van der Waals surface area contributed by atoms with Gasteiger partial charge in [-0.1, -0.05) is 13.8 Å². The quantitative estimate of drug-likeness (QED) is 0.531. The fraction of sp³-hybridized carbons (Fsp3) is 0.625. The topological polar surface area (TPSA) is 24.4 Å². The minimum atomic E-state index is 0.413. The Hall–Kier alpha value is -0.790. The lowest BCUT2D eigenvalue weighted by Gasteiger charge is -2.05. The third-order valence-electron chi connectivity index (χ3n) is 2.85. The zero-order chi connectivity index (χ0) is 7.19. The van der Waals surface area contributed by atoms with E-state index >= 15 is 0 Å². The molecule has 2 atom stereocenters. The number of fused-ring (bicyclic) bond motifs is 1. The highest BCUT2D eigenvalue weighted by Gasteiger charge is 2.52. The van der Waals surface area contributed by atoms with Gasteiger partial charge in [0.25, 0.3) is 0 Å². The Bertz CT molecular complexity index is 217. The molecular weight excluding hydrogens is 124 g/mol. The second kappa shape index (κ2) is 1.62. The van der Waals surface area contributed by atoms with Crippen molar-refractivity contribution in [3.63, 3.8) is 0 Å². The number of hydrogen-bond donors (Lipinski definition) is 1. The van der Waals surface area contributed by atoms with Crippen molar-refractivity contribution in [3.8, 4) is 0 Å². The molecule has 0 saturated heterocycles. The lowest BCUT2D eigenvalue weighted by molar-refractivity contribution is 0.523. The number of aliphatic imine (C=N–C) groups is 1. The largest absolute Gasteiger partial charge is 0.375 e. The van der Waals surface area contributed by atoms with E-state index in [1.165, 1.54) is 5.57 Å². The Labute approximate surface area is 61.0 Å². The van der Waals surface area contributed by atoms with Crippen molar-refractivity contribution in [3.05, 3.63) is 11.8 Å². The van der Waals surface area contributed by atoms with E-state index in [2.05, 4.69) is 24.2 Å². The predicted molar refractivity (Wildman–Crippen MR) is 41.8 cm³/mol. The van der Waals surface area contributed by atoms with Gasteiger partial charge < -0.3 is 5.32 Å². The molecule has 0 aromatic carbocycles. The lowest BCUT2D eigenvalue weighted by atomic mass is 10.1. The van der Waals surface area contributed by atoms with Gasteiger partial charge in [-0.3, -0.25) is 0 Å². The smallest absolute Gasteiger partial charge is 0.0879 e. The van der Waals surface area contributed by atoms with Gasteiger partial charge in [-0.05, 0) is 11.5 Å². The van der Waals surface area contributed by atoms with E-state index in [1.54, 1.807) is 6.34 Å². The third-order valence-corrected chi connectivity index (χ3v) is 2.85. The molecular formula is C8H12N2. The molecule has 2 heteroatoms. The Morgan fingerprint density at radius 2 is 2.60 bits per heavy atom. The first-order chi connectivity index (χ1) is 4.75. The van der Waals surface area contributed by atoms with Gasteiger partial charge in [-0.25, -0.2) is 4.99 Å². The SMILES string of the molecule is CC1C2=CN=CNCC21C. The van der Waals surface area contributed by atoms with E-state index in [-0.39, 0.29) is 0 Å². The molecule has 1 N–H and O–H groups in total. The summed E-state index contributed by atoms with van der Waals surface area (Å²) in [6.45, 7) is 5.59. The van der Waals surface area contributed by atoms with Crippen molar-refractivity contribution in [2.45, 2.75) is 13.8 Å². The number of hydrogen-bond acceptors (Lipinski definition) is 2. The highest BCUT2D eigenvalue weighted by Crippen LogP contribution is 2.57. The summed E-state index contributed by atoms with van der Waals surface area (Å²) in [5.74, 6) is 0.734. The molecule has 1 saturated carbocycles. The van der Waals surface area contributed by atoms with Gasteiger partial charge >= 0.3 is 0 Å². The summed E-state index contributed by atoms with van der Waals surface area (Å²) in [7, 11) is 0. The van der Waals surface area contributed by atoms with E-state index in [9.17, 15) is 0 Å². The maximum atomic E-state index is 4.09. The fourth-order valence-corrected chi connectivity index (χ4v) is 1.66. The summed E-state index contributed by atoms with van der Waals surface area (Å²) < 4.78 is 0. The van der Waals surface area contributed by atoms with Gasteiger partial charge in [0, 0.05) is 18.2 Å². The van der Waals surface area contributed by atoms with Crippen molar-refractivity contribution in [1.82, 2.24) is 5.32 Å². The summed E-state index contributed by atoms with van der Waals surface area (Å²) in [5, 5.41) is 3.17. The standard InChI is InChI=1S/C8H12N2/c1-6-7-3-9-5-10-4-8(6,7)2/h3,5-6H,4H2,1-2H3,(H,9,10). The lowest BCUT2D eigenvalue weighted by Crippen LogP contribution is -2.20. The minimum Gasteiger partial charge on any atom is -0.375 e. The second-order valence-corrected chi connectivity index (χ2v) is 3.38. The average Bonchev–Trinajstić information content (AvgIpc) is 2.48. The van der Waals surface area contributed by atoms with Crippen molar-refractivity contribution in [1.29, 1.82) is 0 Å². The second-order valence-electron chi connectivity index (χ2n) is 3.38. The molecule has 1 fully saturated rings. The molecule has 2 aliphatic rings. The first-order valence-corrected chi connectivity index (χ1v) is 3.71. The average molecular weight is 136 g/mol. The number of rotatable bonds is 0. The molecule has 0 aromatic heterocycles. The summed E-state index contributed by atoms with van der Waals surface area (Å²) in [5.41, 5.74) is 1.91. The van der Waals surface area contributed by atoms with E-state index < -0.39 is 0 Å². The number of nitrogens with one attached hydrogen (secondary N) is 1. The molecule has 2 nitrogen and oxygen atoms in total. The summed E-state index contributed by atoms with van der Waals surface area (Å²) >= 11 is 0. The maximum absolute atomic E-state index is 4.09. The molecule has 0 aromatic rings. The van der Waals surface area contributed by atoms with Crippen LogP contribution in [0.15, 0.2) is 16.8 Å². The maximum Gasteiger partial charge on any atom is 0.0879 e. The fourth-order valence-electron chi connectivity index (χ4n) is 1.66. The van der Waals surface area contributed by atoms with Crippen LogP contribution in [0, 0.1) is 11.3 Å². The molecule has 0 spiro atoms. The van der Waals surface area contributed by atoms with Gasteiger partial charge in [0.2, 0.25) is 0 Å². The highest BCUT2D eigenvalue weighted by molar-refractivity contribution is 5.58. The molecule has 54 valence electrons. The van der Waals surface area contributed by atoms with Crippen molar-refractivity contribution >= 4 is 6.34 Å². The van der Waals surface area contributed by atoms with E-state index in [1.807, 2.05) is 6.20 Å². The van der Waals surface area contributed by atoms with E-state index in [0.29, 0.717) is 5.41 Å². The first-order valence-electron chi connectivity index (χ1n) is 3.71. The van der Waals surface area contributed by atoms with Crippen molar-refractivity contribution in [2.75, 3.05) is 6.54 Å². The molecule has 2 rings (SSSR count). The van der Waals surface area contributed by atoms with Gasteiger partial charge in [0.15, 0.2) is 0 Å². The van der Waals surface area contributed by atoms with Crippen LogP contribution in [-0.2, 0) is 0 Å². The van der Waals surface area contributed by atoms with Crippen LogP contribution in [0.1, 0.15) is 13.8 Å². The van der Waals surface area contributed by atoms with Crippen LogP contribution in [0.5, 0.6) is 0 Å². The normalized spacial score (nSPS) is 43.0. The molecule has 1 aliphatic heterocycles. The van der Waals surface area contributed by atoms with Gasteiger partial charge in [-0.2, -0.15) is 0 Å². The number of nitrogens with zero attached hydrogens (tertiary/aromatic N) is 1. The first kappa shape index (κ1) is 5.96. The van der Waals surface area contributed by atoms with Gasteiger partial charge in [0.1, 0.15) is 0 Å². The predicted octanol–water partition coefficient (Wildman–Crippen LogP) is 1.16. The van der Waals surface area contributed by atoms with Crippen LogP contribution in [-0.4, -0.2) is 12.9 Å². The van der Waals surface area contributed by atoms with Crippen LogP contribution in [0.3, 0.4) is 0 Å². The molecule has 1 heterocycles. The Morgan fingerprint density at radius 3 is 3.40 bits per heavy atom. The van der Waals surface area contributed by atoms with Crippen LogP contribution < -0.4 is 5.32 Å². The molecule has 1 aliphatic carbocycles. The zero-order valence-corrected chi connectivity index (χ0v) is 6.39. The van der Waals surface area contributed by atoms with E-state index in [0.717, 1.165) is 12.5 Å². The molecule has 0 bridgehead atoms. The van der Waals surface area contributed by atoms with Crippen LogP contribution in [0.25, 0.3) is 0 Å². The molecule has 0 amide bonds. The van der Waals surface area contributed by atoms with Crippen LogP contribution >= 0.6 is 0 Å². The molecule has 0 radical (unpaired) electrons. The highest BCUT2D eigenvalue weighted by atomic mass is 15.0. The Morgan fingerprint density at radius 1 is 1.80 bits per heavy atom. The summed E-state index contributed by atoms with van der Waals surface area (Å²) in [4.78, 5) is 4.09. The van der Waals surface area contributed by atoms with Crippen molar-refractivity contribution in [2.24, 2.45) is 16.3 Å². The Kier molecular flexibility index (Phi) is 0.967. The zero-order valence-electron chi connectivity index (χ0n) is 6.39. The van der Waals surface area contributed by atoms with E-state index in [4.69, 9.17) is 0 Å². The van der Waals surface area contributed by atoms with Crippen LogP contribution in [0.4, 0.5) is 0 Å². The van der Waals surface area contributed by atoms with Crippen LogP contribution in [0.2, 0.25) is 0 Å². The molecule has 10 heavy (non-hydrogen) atoms. The summed E-state index contributed by atoms with van der Waals surface area (Å²) in [6.07, 6.45) is 3.77. The minimum absolute atomic E-state index is 0.413. The van der Waals surface area contributed by atoms with Gasteiger partial charge in [-0.15, -0.1) is 0 Å². The van der Waals surface area contributed by atoms with Gasteiger partial charge in [0.05, 0.1) is 6.34 Å². The molecule has 2 unspecified atom stereocenters.